The molecule has 0 spiro atoms. The Labute approximate surface area is 145 Å². The van der Waals surface area contributed by atoms with Gasteiger partial charge in [-0.3, -0.25) is 0 Å². The lowest BCUT2D eigenvalue weighted by Gasteiger charge is -2.26. The molecule has 0 aliphatic carbocycles. The van der Waals surface area contributed by atoms with E-state index in [0.717, 1.165) is 7.11 Å². The lowest BCUT2D eigenvalue weighted by atomic mass is 10.2. The van der Waals surface area contributed by atoms with E-state index >= 15 is 0 Å². The summed E-state index contributed by atoms with van der Waals surface area (Å²) in [6.07, 6.45) is 0. The van der Waals surface area contributed by atoms with Gasteiger partial charge in [-0.25, -0.2) is 18.0 Å². The lowest BCUT2D eigenvalue weighted by Crippen LogP contribution is -2.40. The predicted molar refractivity (Wildman–Crippen MR) is 84.9 cm³/mol. The van der Waals surface area contributed by atoms with Gasteiger partial charge in [-0.05, 0) is 18.2 Å². The zero-order chi connectivity index (χ0) is 18.4. The van der Waals surface area contributed by atoms with Crippen molar-refractivity contribution in [1.82, 2.24) is 4.31 Å². The summed E-state index contributed by atoms with van der Waals surface area (Å²) in [4.78, 5) is 22.9. The quantitative estimate of drug-likeness (QED) is 0.644. The Morgan fingerprint density at radius 2 is 1.88 bits per heavy atom. The van der Waals surface area contributed by atoms with Crippen molar-refractivity contribution in [2.75, 3.05) is 47.1 Å². The van der Waals surface area contributed by atoms with Crippen LogP contribution >= 0.6 is 0 Å². The zero-order valence-electron chi connectivity index (χ0n) is 13.9. The summed E-state index contributed by atoms with van der Waals surface area (Å²) < 4.78 is 46.3. The number of esters is 2. The van der Waals surface area contributed by atoms with Crippen LogP contribution in [0.1, 0.15) is 10.4 Å². The number of sulfonamides is 1. The highest BCUT2D eigenvalue weighted by atomic mass is 32.2. The molecule has 10 heteroatoms. The minimum Gasteiger partial charge on any atom is -0.495 e. The first-order chi connectivity index (χ1) is 11.9. The Hall–Kier alpha value is -2.17. The minimum absolute atomic E-state index is 0.0171. The third-order valence-corrected chi connectivity index (χ3v) is 5.46. The molecule has 0 aromatic heterocycles. The van der Waals surface area contributed by atoms with E-state index in [1.807, 2.05) is 0 Å². The molecule has 1 aromatic rings. The minimum atomic E-state index is -3.87. The Morgan fingerprint density at radius 3 is 2.48 bits per heavy atom. The molecule has 138 valence electrons. The summed E-state index contributed by atoms with van der Waals surface area (Å²) in [5.41, 5.74) is -0.0171. The molecular formula is C15H19NO8S. The number of hydrogen-bond donors (Lipinski definition) is 0. The smallest absolute Gasteiger partial charge is 0.344 e. The molecule has 1 fully saturated rings. The van der Waals surface area contributed by atoms with E-state index in [9.17, 15) is 18.0 Å². The Kier molecular flexibility index (Phi) is 6.34. The second-order valence-electron chi connectivity index (χ2n) is 5.03. The van der Waals surface area contributed by atoms with E-state index in [4.69, 9.17) is 14.2 Å². The number of morpholine rings is 1. The average Bonchev–Trinajstić information content (AvgIpc) is 2.65. The second kappa shape index (κ2) is 8.28. The fourth-order valence-corrected chi connectivity index (χ4v) is 3.79. The predicted octanol–water partition coefficient (Wildman–Crippen LogP) is 0.0459. The number of benzene rings is 1. The van der Waals surface area contributed by atoms with Crippen molar-refractivity contribution in [3.05, 3.63) is 23.8 Å². The maximum Gasteiger partial charge on any atom is 0.344 e. The van der Waals surface area contributed by atoms with E-state index < -0.39 is 28.6 Å². The summed E-state index contributed by atoms with van der Waals surface area (Å²) in [7, 11) is -1.37. The molecule has 0 radical (unpaired) electrons. The second-order valence-corrected chi connectivity index (χ2v) is 6.94. The number of methoxy groups -OCH3 is 2. The summed E-state index contributed by atoms with van der Waals surface area (Å²) in [5, 5.41) is 0. The van der Waals surface area contributed by atoms with Crippen LogP contribution in [0.2, 0.25) is 0 Å². The first kappa shape index (κ1) is 19.2. The summed E-state index contributed by atoms with van der Waals surface area (Å²) in [6.45, 7) is 0.447. The van der Waals surface area contributed by atoms with Gasteiger partial charge in [0.2, 0.25) is 10.0 Å². The van der Waals surface area contributed by atoms with E-state index in [0.29, 0.717) is 13.2 Å². The van der Waals surface area contributed by atoms with Gasteiger partial charge in [0.25, 0.3) is 0 Å². The van der Waals surface area contributed by atoms with Gasteiger partial charge in [0.05, 0.1) is 33.0 Å². The van der Waals surface area contributed by atoms with Gasteiger partial charge in [-0.1, -0.05) is 0 Å². The zero-order valence-corrected chi connectivity index (χ0v) is 14.7. The van der Waals surface area contributed by atoms with Crippen LogP contribution in [-0.4, -0.2) is 71.8 Å². The number of rotatable bonds is 6. The fraction of sp³-hybridized carbons (Fsp3) is 0.467. The molecule has 1 aliphatic rings. The maximum atomic E-state index is 12.8. The van der Waals surface area contributed by atoms with Crippen molar-refractivity contribution in [2.24, 2.45) is 0 Å². The monoisotopic (exact) mass is 373 g/mol. The first-order valence-electron chi connectivity index (χ1n) is 7.40. The van der Waals surface area contributed by atoms with Crippen LogP contribution < -0.4 is 4.74 Å². The van der Waals surface area contributed by atoms with Gasteiger partial charge in [0.15, 0.2) is 6.61 Å². The van der Waals surface area contributed by atoms with E-state index in [-0.39, 0.29) is 29.3 Å². The van der Waals surface area contributed by atoms with Gasteiger partial charge < -0.3 is 18.9 Å². The molecule has 1 aromatic carbocycles. The summed E-state index contributed by atoms with van der Waals surface area (Å²) in [5.74, 6) is -1.45. The number of carbonyl (C=O) groups excluding carboxylic acids is 2. The highest BCUT2D eigenvalue weighted by molar-refractivity contribution is 7.89. The molecule has 9 nitrogen and oxygen atoms in total. The van der Waals surface area contributed by atoms with Crippen LogP contribution in [-0.2, 0) is 29.0 Å². The van der Waals surface area contributed by atoms with Crippen molar-refractivity contribution >= 4 is 22.0 Å². The van der Waals surface area contributed by atoms with Gasteiger partial charge in [0.1, 0.15) is 10.6 Å². The number of carbonyl (C=O) groups is 2. The Balaban J connectivity index is 2.30. The summed E-state index contributed by atoms with van der Waals surface area (Å²) >= 11 is 0. The number of ether oxygens (including phenoxy) is 4. The third-order valence-electron chi connectivity index (χ3n) is 3.54. The third kappa shape index (κ3) is 4.47. The average molecular weight is 373 g/mol. The standard InChI is InChI=1S/C15H19NO8S/c1-21-12-4-3-11(15(18)24-10-14(17)22-2)9-13(12)25(19,20)16-5-7-23-8-6-16/h3-4,9H,5-8,10H2,1-2H3. The molecule has 0 bridgehead atoms. The molecular weight excluding hydrogens is 354 g/mol. The maximum absolute atomic E-state index is 12.8. The van der Waals surface area contributed by atoms with Gasteiger partial charge >= 0.3 is 11.9 Å². The first-order valence-corrected chi connectivity index (χ1v) is 8.84. The highest BCUT2D eigenvalue weighted by Crippen LogP contribution is 2.28. The summed E-state index contributed by atoms with van der Waals surface area (Å²) in [6, 6.07) is 3.89. The number of hydrogen-bond acceptors (Lipinski definition) is 8. The molecule has 2 rings (SSSR count). The van der Waals surface area contributed by atoms with Crippen molar-refractivity contribution in [3.8, 4) is 5.75 Å². The molecule has 1 saturated heterocycles. The fourth-order valence-electron chi connectivity index (χ4n) is 2.20. The Bertz CT molecular complexity index is 740. The molecule has 0 unspecified atom stereocenters. The van der Waals surface area contributed by atoms with E-state index in [1.54, 1.807) is 0 Å². The van der Waals surface area contributed by atoms with Crippen LogP contribution in [0.25, 0.3) is 0 Å². The van der Waals surface area contributed by atoms with Crippen LogP contribution in [0.5, 0.6) is 5.75 Å². The van der Waals surface area contributed by atoms with Gasteiger partial charge in [-0.15, -0.1) is 0 Å². The Morgan fingerprint density at radius 1 is 1.20 bits per heavy atom. The molecule has 1 aliphatic heterocycles. The molecule has 0 atom stereocenters. The van der Waals surface area contributed by atoms with Crippen molar-refractivity contribution in [1.29, 1.82) is 0 Å². The van der Waals surface area contributed by atoms with Crippen LogP contribution in [0.4, 0.5) is 0 Å². The highest BCUT2D eigenvalue weighted by Gasteiger charge is 2.30. The lowest BCUT2D eigenvalue weighted by molar-refractivity contribution is -0.144. The normalized spacial score (nSPS) is 15.4. The molecule has 0 amide bonds. The van der Waals surface area contributed by atoms with Crippen LogP contribution in [0.15, 0.2) is 23.1 Å². The van der Waals surface area contributed by atoms with E-state index in [2.05, 4.69) is 4.74 Å². The van der Waals surface area contributed by atoms with Gasteiger partial charge in [0, 0.05) is 13.1 Å². The largest absolute Gasteiger partial charge is 0.495 e. The van der Waals surface area contributed by atoms with Crippen molar-refractivity contribution in [3.63, 3.8) is 0 Å². The molecule has 0 N–H and O–H groups in total. The van der Waals surface area contributed by atoms with Crippen LogP contribution in [0.3, 0.4) is 0 Å². The van der Waals surface area contributed by atoms with Crippen molar-refractivity contribution < 1.29 is 37.0 Å². The van der Waals surface area contributed by atoms with Crippen LogP contribution in [0, 0.1) is 0 Å². The molecule has 0 saturated carbocycles. The molecule has 1 heterocycles. The van der Waals surface area contributed by atoms with Crippen molar-refractivity contribution in [2.45, 2.75) is 4.90 Å². The van der Waals surface area contributed by atoms with Gasteiger partial charge in [-0.2, -0.15) is 4.31 Å². The van der Waals surface area contributed by atoms with E-state index in [1.165, 1.54) is 29.6 Å². The topological polar surface area (TPSA) is 108 Å². The number of nitrogens with zero attached hydrogens (tertiary/aromatic N) is 1. The molecule has 25 heavy (non-hydrogen) atoms. The SMILES string of the molecule is COC(=O)COC(=O)c1ccc(OC)c(S(=O)(=O)N2CCOCC2)c1.